The average Bonchev–Trinajstić information content (AvgIpc) is 2.28. The van der Waals surface area contributed by atoms with Gasteiger partial charge in [-0.1, -0.05) is 11.6 Å². The standard InChI is InChI=1S/C12H18ClN3/c1-16-7-6-14-12(9-16)8-15-11-4-2-10(13)3-5-11/h2-5,12,14-15H,6-9H2,1H3. The van der Waals surface area contributed by atoms with Gasteiger partial charge < -0.3 is 15.5 Å². The molecule has 2 N–H and O–H groups in total. The van der Waals surface area contributed by atoms with Crippen molar-refractivity contribution in [3.63, 3.8) is 0 Å². The van der Waals surface area contributed by atoms with Crippen molar-refractivity contribution in [1.29, 1.82) is 0 Å². The first-order valence-electron chi connectivity index (χ1n) is 5.65. The molecule has 2 rings (SSSR count). The largest absolute Gasteiger partial charge is 0.383 e. The molecular formula is C12H18ClN3. The third-order valence-corrected chi connectivity index (χ3v) is 3.11. The smallest absolute Gasteiger partial charge is 0.0407 e. The summed E-state index contributed by atoms with van der Waals surface area (Å²) in [6, 6.07) is 8.35. The van der Waals surface area contributed by atoms with E-state index in [0.717, 1.165) is 36.9 Å². The maximum atomic E-state index is 5.83. The van der Waals surface area contributed by atoms with Gasteiger partial charge >= 0.3 is 0 Å². The summed E-state index contributed by atoms with van der Waals surface area (Å²) in [6.45, 7) is 4.26. The van der Waals surface area contributed by atoms with Gasteiger partial charge in [0.1, 0.15) is 0 Å². The Morgan fingerprint density at radius 1 is 1.44 bits per heavy atom. The lowest BCUT2D eigenvalue weighted by Gasteiger charge is -2.31. The molecule has 1 fully saturated rings. The summed E-state index contributed by atoms with van der Waals surface area (Å²) >= 11 is 5.83. The van der Waals surface area contributed by atoms with E-state index in [-0.39, 0.29) is 0 Å². The summed E-state index contributed by atoms with van der Waals surface area (Å²) in [5, 5.41) is 7.69. The summed E-state index contributed by atoms with van der Waals surface area (Å²) in [7, 11) is 2.16. The average molecular weight is 240 g/mol. The minimum Gasteiger partial charge on any atom is -0.383 e. The maximum absolute atomic E-state index is 5.83. The molecule has 3 nitrogen and oxygen atoms in total. The van der Waals surface area contributed by atoms with E-state index in [0.29, 0.717) is 6.04 Å². The molecule has 1 atom stereocenters. The van der Waals surface area contributed by atoms with E-state index in [1.807, 2.05) is 24.3 Å². The van der Waals surface area contributed by atoms with Crippen LogP contribution in [0.5, 0.6) is 0 Å². The number of nitrogens with zero attached hydrogens (tertiary/aromatic N) is 1. The molecule has 1 aromatic rings. The minimum absolute atomic E-state index is 0.523. The monoisotopic (exact) mass is 239 g/mol. The molecule has 1 aliphatic rings. The van der Waals surface area contributed by atoms with Crippen molar-refractivity contribution in [2.75, 3.05) is 38.5 Å². The molecule has 4 heteroatoms. The van der Waals surface area contributed by atoms with Crippen molar-refractivity contribution >= 4 is 17.3 Å². The summed E-state index contributed by atoms with van der Waals surface area (Å²) in [5.41, 5.74) is 1.12. The van der Waals surface area contributed by atoms with Gasteiger partial charge in [-0.05, 0) is 31.3 Å². The predicted molar refractivity (Wildman–Crippen MR) is 69.2 cm³/mol. The topological polar surface area (TPSA) is 27.3 Å². The molecule has 1 aliphatic heterocycles. The first kappa shape index (κ1) is 11.7. The Kier molecular flexibility index (Phi) is 4.04. The van der Waals surface area contributed by atoms with E-state index in [2.05, 4.69) is 22.6 Å². The van der Waals surface area contributed by atoms with E-state index in [9.17, 15) is 0 Å². The number of hydrogen-bond donors (Lipinski definition) is 2. The van der Waals surface area contributed by atoms with Gasteiger partial charge in [0.2, 0.25) is 0 Å². The number of nitrogens with one attached hydrogen (secondary N) is 2. The van der Waals surface area contributed by atoms with Gasteiger partial charge in [-0.2, -0.15) is 0 Å². The Morgan fingerprint density at radius 2 is 2.19 bits per heavy atom. The van der Waals surface area contributed by atoms with Crippen molar-refractivity contribution in [1.82, 2.24) is 10.2 Å². The lowest BCUT2D eigenvalue weighted by molar-refractivity contribution is 0.244. The molecule has 0 spiro atoms. The van der Waals surface area contributed by atoms with Crippen molar-refractivity contribution in [2.24, 2.45) is 0 Å². The molecule has 0 bridgehead atoms. The zero-order valence-electron chi connectivity index (χ0n) is 9.54. The summed E-state index contributed by atoms with van der Waals surface area (Å²) < 4.78 is 0. The molecule has 1 unspecified atom stereocenters. The van der Waals surface area contributed by atoms with E-state index >= 15 is 0 Å². The number of hydrogen-bond acceptors (Lipinski definition) is 3. The number of piperazine rings is 1. The first-order valence-corrected chi connectivity index (χ1v) is 6.03. The molecule has 1 heterocycles. The van der Waals surface area contributed by atoms with Crippen molar-refractivity contribution in [3.05, 3.63) is 29.3 Å². The van der Waals surface area contributed by atoms with Crippen molar-refractivity contribution < 1.29 is 0 Å². The van der Waals surface area contributed by atoms with Gasteiger partial charge in [-0.15, -0.1) is 0 Å². The second kappa shape index (κ2) is 5.53. The van der Waals surface area contributed by atoms with Crippen molar-refractivity contribution in [2.45, 2.75) is 6.04 Å². The highest BCUT2D eigenvalue weighted by Crippen LogP contribution is 2.13. The molecule has 0 saturated carbocycles. The van der Waals surface area contributed by atoms with Crippen LogP contribution in [0.4, 0.5) is 5.69 Å². The van der Waals surface area contributed by atoms with Crippen LogP contribution >= 0.6 is 11.6 Å². The quantitative estimate of drug-likeness (QED) is 0.840. The fraction of sp³-hybridized carbons (Fsp3) is 0.500. The van der Waals surface area contributed by atoms with Crippen LogP contribution in [0.2, 0.25) is 5.02 Å². The van der Waals surface area contributed by atoms with Gasteiger partial charge in [-0.3, -0.25) is 0 Å². The van der Waals surface area contributed by atoms with E-state index in [1.165, 1.54) is 0 Å². The van der Waals surface area contributed by atoms with Crippen LogP contribution in [-0.4, -0.2) is 44.2 Å². The normalized spacial score (nSPS) is 22.0. The maximum Gasteiger partial charge on any atom is 0.0407 e. The summed E-state index contributed by atoms with van der Waals surface area (Å²) in [5.74, 6) is 0. The number of rotatable bonds is 3. The van der Waals surface area contributed by atoms with Gasteiger partial charge in [0.25, 0.3) is 0 Å². The van der Waals surface area contributed by atoms with Crippen LogP contribution in [0.25, 0.3) is 0 Å². The number of benzene rings is 1. The highest BCUT2D eigenvalue weighted by molar-refractivity contribution is 6.30. The van der Waals surface area contributed by atoms with E-state index in [4.69, 9.17) is 11.6 Å². The van der Waals surface area contributed by atoms with E-state index < -0.39 is 0 Å². The van der Waals surface area contributed by atoms with Crippen LogP contribution in [0.15, 0.2) is 24.3 Å². The number of halogens is 1. The van der Waals surface area contributed by atoms with Crippen LogP contribution in [-0.2, 0) is 0 Å². The van der Waals surface area contributed by atoms with Crippen LogP contribution in [0.3, 0.4) is 0 Å². The van der Waals surface area contributed by atoms with Crippen LogP contribution < -0.4 is 10.6 Å². The third kappa shape index (κ3) is 3.37. The SMILES string of the molecule is CN1CCNC(CNc2ccc(Cl)cc2)C1. The van der Waals surface area contributed by atoms with E-state index in [1.54, 1.807) is 0 Å². The van der Waals surface area contributed by atoms with Gasteiger partial charge in [0, 0.05) is 42.9 Å². The van der Waals surface area contributed by atoms with Crippen LogP contribution in [0, 0.1) is 0 Å². The molecule has 1 saturated heterocycles. The Morgan fingerprint density at radius 3 is 2.88 bits per heavy atom. The summed E-state index contributed by atoms with van der Waals surface area (Å²) in [4.78, 5) is 2.35. The molecule has 1 aromatic carbocycles. The molecule has 0 radical (unpaired) electrons. The van der Waals surface area contributed by atoms with Gasteiger partial charge in [0.15, 0.2) is 0 Å². The van der Waals surface area contributed by atoms with Gasteiger partial charge in [-0.25, -0.2) is 0 Å². The summed E-state index contributed by atoms with van der Waals surface area (Å²) in [6.07, 6.45) is 0. The van der Waals surface area contributed by atoms with Gasteiger partial charge in [0.05, 0.1) is 0 Å². The fourth-order valence-electron chi connectivity index (χ4n) is 1.94. The first-order chi connectivity index (χ1) is 7.74. The number of anilines is 1. The Hall–Kier alpha value is -0.770. The second-order valence-electron chi connectivity index (χ2n) is 4.30. The molecule has 88 valence electrons. The van der Waals surface area contributed by atoms with Crippen LogP contribution in [0.1, 0.15) is 0 Å². The highest BCUT2D eigenvalue weighted by Gasteiger charge is 2.15. The molecular weight excluding hydrogens is 222 g/mol. The fourth-order valence-corrected chi connectivity index (χ4v) is 2.06. The Labute approximate surface area is 102 Å². The van der Waals surface area contributed by atoms with Crippen molar-refractivity contribution in [3.8, 4) is 0 Å². The minimum atomic E-state index is 0.523. The zero-order chi connectivity index (χ0) is 11.4. The second-order valence-corrected chi connectivity index (χ2v) is 4.74. The Balaban J connectivity index is 1.80. The zero-order valence-corrected chi connectivity index (χ0v) is 10.3. The molecule has 0 aliphatic carbocycles. The predicted octanol–water partition coefficient (Wildman–Crippen LogP) is 1.66. The highest BCUT2D eigenvalue weighted by atomic mass is 35.5. The number of likely N-dealkylation sites (N-methyl/N-ethyl adjacent to an activating group) is 1. The third-order valence-electron chi connectivity index (χ3n) is 2.86. The molecule has 0 amide bonds. The molecule has 0 aromatic heterocycles. The Bertz CT molecular complexity index is 326. The lowest BCUT2D eigenvalue weighted by Crippen LogP contribution is -2.51. The lowest BCUT2D eigenvalue weighted by atomic mass is 10.2. The molecule has 16 heavy (non-hydrogen) atoms.